The molecule has 0 spiro atoms. The summed E-state index contributed by atoms with van der Waals surface area (Å²) in [6.07, 6.45) is 11.1. The van der Waals surface area contributed by atoms with Gasteiger partial charge in [-0.25, -0.2) is 4.79 Å². The van der Waals surface area contributed by atoms with Gasteiger partial charge in [-0.1, -0.05) is 12.8 Å². The van der Waals surface area contributed by atoms with E-state index in [2.05, 4.69) is 11.4 Å². The van der Waals surface area contributed by atoms with Crippen LogP contribution < -0.4 is 5.32 Å². The molecule has 1 saturated carbocycles. The van der Waals surface area contributed by atoms with Gasteiger partial charge in [0.2, 0.25) is 5.91 Å². The van der Waals surface area contributed by atoms with Crippen molar-refractivity contribution in [1.82, 2.24) is 4.90 Å². The lowest BCUT2D eigenvalue weighted by Crippen LogP contribution is -2.36. The highest BCUT2D eigenvalue weighted by Gasteiger charge is 2.29. The van der Waals surface area contributed by atoms with Crippen LogP contribution in [0.2, 0.25) is 0 Å². The first-order valence-corrected chi connectivity index (χ1v) is 11.8. The lowest BCUT2D eigenvalue weighted by Gasteiger charge is -2.26. The van der Waals surface area contributed by atoms with E-state index >= 15 is 0 Å². The highest BCUT2D eigenvalue weighted by Crippen LogP contribution is 2.39. The fourth-order valence-electron chi connectivity index (χ4n) is 4.43. The first-order chi connectivity index (χ1) is 15.5. The van der Waals surface area contributed by atoms with Crippen molar-refractivity contribution in [3.05, 3.63) is 46.2 Å². The van der Waals surface area contributed by atoms with E-state index in [-0.39, 0.29) is 17.9 Å². The summed E-state index contributed by atoms with van der Waals surface area (Å²) in [7, 11) is 1.82. The summed E-state index contributed by atoms with van der Waals surface area (Å²) in [4.78, 5) is 27.5. The number of carbonyl (C=O) groups is 2. The fourth-order valence-corrected chi connectivity index (χ4v) is 5.75. The van der Waals surface area contributed by atoms with Crippen LogP contribution in [-0.4, -0.2) is 36.6 Å². The van der Waals surface area contributed by atoms with Crippen molar-refractivity contribution in [3.63, 3.8) is 0 Å². The second kappa shape index (κ2) is 10.0. The topological polar surface area (TPSA) is 95.6 Å². The van der Waals surface area contributed by atoms with E-state index in [4.69, 9.17) is 9.15 Å². The van der Waals surface area contributed by atoms with Crippen LogP contribution in [0.3, 0.4) is 0 Å². The number of thiophene rings is 1. The Balaban J connectivity index is 1.35. The number of ether oxygens (including phenoxy) is 1. The van der Waals surface area contributed by atoms with Crippen molar-refractivity contribution in [2.24, 2.45) is 5.92 Å². The van der Waals surface area contributed by atoms with Gasteiger partial charge in [-0.2, -0.15) is 5.26 Å². The molecule has 1 unspecified atom stereocenters. The van der Waals surface area contributed by atoms with E-state index in [0.29, 0.717) is 29.0 Å². The third-order valence-electron chi connectivity index (χ3n) is 6.26. The fraction of sp³-hybridized carbons (Fsp3) is 0.458. The molecule has 2 heterocycles. The molecular formula is C24H27N3O4S. The van der Waals surface area contributed by atoms with E-state index in [1.807, 2.05) is 7.05 Å². The third-order valence-corrected chi connectivity index (χ3v) is 7.43. The lowest BCUT2D eigenvalue weighted by atomic mass is 9.88. The monoisotopic (exact) mass is 453 g/mol. The summed E-state index contributed by atoms with van der Waals surface area (Å²) in [6.45, 7) is 0.378. The lowest BCUT2D eigenvalue weighted by molar-refractivity contribution is -0.111. The van der Waals surface area contributed by atoms with Gasteiger partial charge in [-0.3, -0.25) is 4.79 Å². The van der Waals surface area contributed by atoms with E-state index in [9.17, 15) is 14.9 Å². The zero-order valence-corrected chi connectivity index (χ0v) is 19.0. The Morgan fingerprint density at radius 1 is 1.38 bits per heavy atom. The Labute approximate surface area is 191 Å². The van der Waals surface area contributed by atoms with Gasteiger partial charge in [-0.05, 0) is 61.8 Å². The van der Waals surface area contributed by atoms with Gasteiger partial charge in [0.25, 0.3) is 0 Å². The van der Waals surface area contributed by atoms with E-state index < -0.39 is 0 Å². The minimum Gasteiger partial charge on any atom is -0.465 e. The number of hydrogen-bond donors (Lipinski definition) is 1. The van der Waals surface area contributed by atoms with Crippen LogP contribution in [0.25, 0.3) is 6.08 Å². The summed E-state index contributed by atoms with van der Waals surface area (Å²) in [5.41, 5.74) is 1.55. The molecule has 168 valence electrons. The summed E-state index contributed by atoms with van der Waals surface area (Å²) in [5.74, 6) is 0.495. The molecule has 1 N–H and O–H groups in total. The van der Waals surface area contributed by atoms with Crippen molar-refractivity contribution < 1.29 is 18.7 Å². The molecule has 2 aromatic heterocycles. The Kier molecular flexibility index (Phi) is 6.96. The second-order valence-electron chi connectivity index (χ2n) is 8.39. The molecule has 4 rings (SSSR count). The Hall–Kier alpha value is -3.05. The number of nitriles is 1. The molecule has 0 aliphatic heterocycles. The highest BCUT2D eigenvalue weighted by atomic mass is 32.1. The van der Waals surface area contributed by atoms with Crippen molar-refractivity contribution in [2.75, 3.05) is 19.0 Å². The van der Waals surface area contributed by atoms with Gasteiger partial charge in [0.15, 0.2) is 0 Å². The molecule has 0 bridgehead atoms. The predicted octanol–water partition coefficient (Wildman–Crippen LogP) is 4.98. The van der Waals surface area contributed by atoms with Gasteiger partial charge in [0.05, 0.1) is 18.4 Å². The second-order valence-corrected chi connectivity index (χ2v) is 9.50. The molecule has 1 fully saturated rings. The first-order valence-electron chi connectivity index (χ1n) is 11.0. The maximum absolute atomic E-state index is 12.4. The number of hydrogen-bond acceptors (Lipinski definition) is 6. The number of carbonyl (C=O) groups excluding carboxylic acids is 2. The molecule has 2 amide bonds. The molecule has 2 aliphatic rings. The first kappa shape index (κ1) is 22.2. The van der Waals surface area contributed by atoms with E-state index in [1.165, 1.54) is 30.3 Å². The summed E-state index contributed by atoms with van der Waals surface area (Å²) < 4.78 is 10.8. The molecule has 0 aromatic carbocycles. The molecule has 2 aliphatic carbocycles. The molecule has 2 aromatic rings. The molecule has 0 saturated heterocycles. The number of rotatable bonds is 6. The smallest absolute Gasteiger partial charge is 0.409 e. The van der Waals surface area contributed by atoms with Crippen molar-refractivity contribution in [2.45, 2.75) is 51.0 Å². The van der Waals surface area contributed by atoms with Crippen LogP contribution in [0, 0.1) is 17.2 Å². The molecule has 8 heteroatoms. The Bertz CT molecular complexity index is 1030. The standard InChI is InChI=1S/C24H27N3O4S/c1-27(17-5-2-3-6-17)24(29)31-15-16-8-10-19-20(14-25)23(32-21(19)13-16)26-22(28)11-9-18-7-4-12-30-18/h4,7,9,11-12,16-17H,2-3,5-6,8,10,13,15H2,1H3,(H,26,28). The highest BCUT2D eigenvalue weighted by molar-refractivity contribution is 7.16. The summed E-state index contributed by atoms with van der Waals surface area (Å²) in [6, 6.07) is 6.05. The maximum Gasteiger partial charge on any atom is 0.409 e. The van der Waals surface area contributed by atoms with Crippen LogP contribution in [0.1, 0.15) is 53.9 Å². The zero-order valence-electron chi connectivity index (χ0n) is 18.1. The van der Waals surface area contributed by atoms with Crippen molar-refractivity contribution in [3.8, 4) is 6.07 Å². The minimum atomic E-state index is -0.308. The van der Waals surface area contributed by atoms with Crippen LogP contribution in [0.15, 0.2) is 28.9 Å². The van der Waals surface area contributed by atoms with E-state index in [0.717, 1.165) is 42.5 Å². The molecular weight excluding hydrogens is 426 g/mol. The third kappa shape index (κ3) is 5.05. The van der Waals surface area contributed by atoms with Crippen LogP contribution >= 0.6 is 11.3 Å². The predicted molar refractivity (Wildman–Crippen MR) is 122 cm³/mol. The van der Waals surface area contributed by atoms with E-state index in [1.54, 1.807) is 29.4 Å². The number of fused-ring (bicyclic) bond motifs is 1. The molecule has 7 nitrogen and oxygen atoms in total. The maximum atomic E-state index is 12.4. The number of anilines is 1. The molecule has 32 heavy (non-hydrogen) atoms. The number of amides is 2. The SMILES string of the molecule is CN(C(=O)OCC1CCc2c(sc(NC(=O)C=Cc3ccco3)c2C#N)C1)C1CCCC1. The number of nitrogens with one attached hydrogen (secondary N) is 1. The van der Waals surface area contributed by atoms with Gasteiger partial charge < -0.3 is 19.4 Å². The average molecular weight is 454 g/mol. The molecule has 0 radical (unpaired) electrons. The summed E-state index contributed by atoms with van der Waals surface area (Å²) in [5, 5.41) is 13.1. The van der Waals surface area contributed by atoms with Gasteiger partial charge in [0.1, 0.15) is 16.8 Å². The van der Waals surface area contributed by atoms with Crippen LogP contribution in [-0.2, 0) is 22.4 Å². The largest absolute Gasteiger partial charge is 0.465 e. The van der Waals surface area contributed by atoms with Crippen molar-refractivity contribution >= 4 is 34.4 Å². The molecule has 1 atom stereocenters. The normalized spacial score (nSPS) is 18.3. The summed E-state index contributed by atoms with van der Waals surface area (Å²) >= 11 is 1.44. The Morgan fingerprint density at radius 3 is 2.91 bits per heavy atom. The number of furan rings is 1. The zero-order chi connectivity index (χ0) is 22.5. The minimum absolute atomic E-state index is 0.219. The van der Waals surface area contributed by atoms with Crippen molar-refractivity contribution in [1.29, 1.82) is 5.26 Å². The number of nitrogens with zero attached hydrogens (tertiary/aromatic N) is 2. The van der Waals surface area contributed by atoms with Gasteiger partial charge in [-0.15, -0.1) is 11.3 Å². The quantitative estimate of drug-likeness (QED) is 0.622. The van der Waals surface area contributed by atoms with Gasteiger partial charge >= 0.3 is 6.09 Å². The van der Waals surface area contributed by atoms with Crippen LogP contribution in [0.4, 0.5) is 9.80 Å². The van der Waals surface area contributed by atoms with Crippen LogP contribution in [0.5, 0.6) is 0 Å². The Morgan fingerprint density at radius 2 is 2.19 bits per heavy atom. The average Bonchev–Trinajstić information content (AvgIpc) is 3.56. The van der Waals surface area contributed by atoms with Gasteiger partial charge in [0, 0.05) is 24.0 Å².